The Morgan fingerprint density at radius 2 is 2.05 bits per heavy atom. The molecule has 5 nitrogen and oxygen atoms in total. The Labute approximate surface area is 138 Å². The molecule has 2 rings (SSSR count). The van der Waals surface area contributed by atoms with Gasteiger partial charge in [-0.2, -0.15) is 8.42 Å². The number of Topliss-reactive ketones (excluding diaryl/α,β-unsaturated/α-hetero) is 1. The van der Waals surface area contributed by atoms with Crippen LogP contribution in [0.4, 0.5) is 5.69 Å². The zero-order valence-electron chi connectivity index (χ0n) is 10.1. The number of carbonyl (C=O) groups excluding carboxylic acids is 1. The average molecular weight is 311 g/mol. The quantitative estimate of drug-likeness (QED) is 0.545. The third kappa shape index (κ3) is 4.30. The Bertz CT molecular complexity index is 629. The van der Waals surface area contributed by atoms with Gasteiger partial charge >= 0.3 is 29.6 Å². The molecular weight excluding hydrogens is 301 g/mol. The fraction of sp³-hybridized carbons (Fsp3) is 0.182. The molecule has 2 N–H and O–H groups in total. The number of anilines is 1. The zero-order chi connectivity index (χ0) is 13.3. The Hall–Kier alpha value is -0.370. The van der Waals surface area contributed by atoms with E-state index in [2.05, 4.69) is 5.32 Å². The number of allylic oxidation sites excluding steroid dienone is 1. The van der Waals surface area contributed by atoms with E-state index in [0.717, 1.165) is 0 Å². The van der Waals surface area contributed by atoms with Crippen molar-refractivity contribution in [3.63, 3.8) is 0 Å². The summed E-state index contributed by atoms with van der Waals surface area (Å²) in [6.45, 7) is 0. The van der Waals surface area contributed by atoms with Gasteiger partial charge in [-0.25, -0.2) is 0 Å². The van der Waals surface area contributed by atoms with E-state index in [1.54, 1.807) is 24.3 Å². The molecule has 1 aromatic carbocycles. The normalized spacial score (nSPS) is 18.7. The fourth-order valence-corrected chi connectivity index (χ4v) is 2.52. The number of hydrogen-bond donors (Lipinski definition) is 2. The molecule has 1 aromatic rings. The van der Waals surface area contributed by atoms with Crippen LogP contribution in [-0.2, 0) is 14.9 Å². The molecule has 0 spiro atoms. The second-order valence-corrected chi connectivity index (χ2v) is 5.97. The number of halogens is 1. The zero-order valence-corrected chi connectivity index (χ0v) is 13.7. The van der Waals surface area contributed by atoms with Gasteiger partial charge in [0.25, 0.3) is 10.1 Å². The minimum atomic E-state index is -4.23. The van der Waals surface area contributed by atoms with Crippen LogP contribution >= 0.6 is 11.6 Å². The van der Waals surface area contributed by atoms with Crippen molar-refractivity contribution in [2.24, 2.45) is 0 Å². The van der Waals surface area contributed by atoms with Crippen LogP contribution < -0.4 is 34.9 Å². The van der Waals surface area contributed by atoms with E-state index >= 15 is 0 Å². The van der Waals surface area contributed by atoms with Crippen LogP contribution in [0.5, 0.6) is 0 Å². The number of rotatable bonds is 3. The van der Waals surface area contributed by atoms with E-state index in [4.69, 9.17) is 16.2 Å². The van der Waals surface area contributed by atoms with Crippen LogP contribution in [0.3, 0.4) is 0 Å². The van der Waals surface area contributed by atoms with Crippen molar-refractivity contribution >= 4 is 33.2 Å². The third-order valence-corrected chi connectivity index (χ3v) is 3.83. The molecule has 0 aromatic heterocycles. The Morgan fingerprint density at radius 1 is 1.37 bits per heavy atom. The van der Waals surface area contributed by atoms with Crippen molar-refractivity contribution in [3.05, 3.63) is 41.1 Å². The summed E-state index contributed by atoms with van der Waals surface area (Å²) < 4.78 is 30.8. The Morgan fingerprint density at radius 3 is 2.58 bits per heavy atom. The van der Waals surface area contributed by atoms with Crippen molar-refractivity contribution in [1.29, 1.82) is 0 Å². The minimum Gasteiger partial charge on any atom is -0.353 e. The summed E-state index contributed by atoms with van der Waals surface area (Å²) in [4.78, 5) is 11.6. The molecule has 19 heavy (non-hydrogen) atoms. The maximum Gasteiger partial charge on any atom is 1.00 e. The molecule has 8 heteroatoms. The van der Waals surface area contributed by atoms with Gasteiger partial charge < -0.3 is 5.32 Å². The molecule has 0 saturated carbocycles. The fourth-order valence-electron chi connectivity index (χ4n) is 1.65. The largest absolute Gasteiger partial charge is 1.00 e. The summed E-state index contributed by atoms with van der Waals surface area (Å²) in [5.41, 5.74) is 0.734. The molecule has 0 amide bonds. The predicted octanol–water partition coefficient (Wildman–Crippen LogP) is -1.13. The minimum absolute atomic E-state index is 0. The monoisotopic (exact) mass is 310 g/mol. The molecular formula is C11H10ClNNaO4S+. The summed E-state index contributed by atoms with van der Waals surface area (Å²) in [5, 5.41) is 2.11. The first kappa shape index (κ1) is 16.7. The van der Waals surface area contributed by atoms with Crippen LogP contribution in [0.2, 0.25) is 5.02 Å². The Balaban J connectivity index is 0.00000180. The van der Waals surface area contributed by atoms with Gasteiger partial charge in [-0.1, -0.05) is 17.7 Å². The summed E-state index contributed by atoms with van der Waals surface area (Å²) in [6, 6.07) is 6.68. The first-order chi connectivity index (χ1) is 8.36. The number of hydrogen-bond acceptors (Lipinski definition) is 4. The van der Waals surface area contributed by atoms with Crippen molar-refractivity contribution in [2.45, 2.75) is 11.7 Å². The number of nitrogens with one attached hydrogen (secondary N) is 1. The molecule has 0 heterocycles. The predicted molar refractivity (Wildman–Crippen MR) is 68.1 cm³/mol. The van der Waals surface area contributed by atoms with Gasteiger partial charge in [0.05, 0.1) is 5.70 Å². The van der Waals surface area contributed by atoms with Crippen molar-refractivity contribution in [3.8, 4) is 0 Å². The van der Waals surface area contributed by atoms with E-state index in [9.17, 15) is 13.2 Å². The maximum atomic E-state index is 11.6. The number of benzene rings is 1. The molecule has 1 aliphatic rings. The first-order valence-electron chi connectivity index (χ1n) is 5.10. The molecule has 96 valence electrons. The van der Waals surface area contributed by atoms with Gasteiger partial charge in [-0.05, 0) is 24.3 Å². The second-order valence-electron chi connectivity index (χ2n) is 3.90. The van der Waals surface area contributed by atoms with Gasteiger partial charge in [-0.15, -0.1) is 0 Å². The van der Waals surface area contributed by atoms with Gasteiger partial charge in [0.2, 0.25) is 0 Å². The van der Waals surface area contributed by atoms with Gasteiger partial charge in [0.15, 0.2) is 5.78 Å². The van der Waals surface area contributed by atoms with E-state index in [-0.39, 0.29) is 47.5 Å². The molecule has 0 saturated heterocycles. The standard InChI is InChI=1S/C11H10ClNO4S.Na/c12-7-2-1-3-8(4-7)13-10-5-9(6-11(10)14)18(15,16)17;/h1-5,9,13H,6H2,(H,15,16,17);/q;+1. The molecule has 1 unspecified atom stereocenters. The van der Waals surface area contributed by atoms with Crippen LogP contribution in [0.25, 0.3) is 0 Å². The van der Waals surface area contributed by atoms with Gasteiger partial charge in [-0.3, -0.25) is 9.35 Å². The van der Waals surface area contributed by atoms with Crippen LogP contribution in [-0.4, -0.2) is 24.0 Å². The van der Waals surface area contributed by atoms with Crippen LogP contribution in [0.15, 0.2) is 36.0 Å². The molecule has 0 radical (unpaired) electrons. The maximum absolute atomic E-state index is 11.6. The second kappa shape index (κ2) is 6.39. The van der Waals surface area contributed by atoms with Crippen molar-refractivity contribution < 1.29 is 47.3 Å². The smallest absolute Gasteiger partial charge is 0.353 e. The first-order valence-corrected chi connectivity index (χ1v) is 6.98. The average Bonchev–Trinajstić information content (AvgIpc) is 2.60. The molecule has 1 atom stereocenters. The van der Waals surface area contributed by atoms with Gasteiger partial charge in [0, 0.05) is 17.1 Å². The Kier molecular flexibility index (Phi) is 5.61. The SMILES string of the molecule is O=C1CC(S(=O)(=O)O)C=C1Nc1cccc(Cl)c1.[Na+]. The van der Waals surface area contributed by atoms with Crippen molar-refractivity contribution in [1.82, 2.24) is 0 Å². The van der Waals surface area contributed by atoms with Crippen LogP contribution in [0, 0.1) is 0 Å². The van der Waals surface area contributed by atoms with Crippen LogP contribution in [0.1, 0.15) is 6.42 Å². The number of ketones is 1. The van der Waals surface area contributed by atoms with E-state index < -0.39 is 15.4 Å². The molecule has 0 bridgehead atoms. The number of carbonyl (C=O) groups is 1. The van der Waals surface area contributed by atoms with Gasteiger partial charge in [0.1, 0.15) is 5.25 Å². The van der Waals surface area contributed by atoms with E-state index in [1.807, 2.05) is 0 Å². The molecule has 0 aliphatic heterocycles. The van der Waals surface area contributed by atoms with Crippen molar-refractivity contribution in [2.75, 3.05) is 5.32 Å². The summed E-state index contributed by atoms with van der Waals surface area (Å²) in [7, 11) is -4.23. The van der Waals surface area contributed by atoms with E-state index in [1.165, 1.54) is 6.08 Å². The third-order valence-electron chi connectivity index (χ3n) is 2.53. The molecule has 1 aliphatic carbocycles. The summed E-state index contributed by atoms with van der Waals surface area (Å²) >= 11 is 5.79. The summed E-state index contributed by atoms with van der Waals surface area (Å²) in [6.07, 6.45) is 0.959. The topological polar surface area (TPSA) is 83.5 Å². The summed E-state index contributed by atoms with van der Waals surface area (Å²) in [5.74, 6) is -0.363. The molecule has 0 fully saturated rings. The van der Waals surface area contributed by atoms with E-state index in [0.29, 0.717) is 10.7 Å².